The van der Waals surface area contributed by atoms with Crippen LogP contribution in [0.25, 0.3) is 5.69 Å². The molecule has 1 fully saturated rings. The summed E-state index contributed by atoms with van der Waals surface area (Å²) < 4.78 is 7.85. The Morgan fingerprint density at radius 2 is 2.37 bits per heavy atom. The summed E-state index contributed by atoms with van der Waals surface area (Å²) in [5.41, 5.74) is 3.26. The molecule has 3 rings (SSSR count). The molecule has 1 atom stereocenters. The first-order valence-electron chi connectivity index (χ1n) is 6.37. The first-order valence-corrected chi connectivity index (χ1v) is 6.74. The fourth-order valence-electron chi connectivity index (χ4n) is 2.34. The van der Waals surface area contributed by atoms with Crippen LogP contribution in [-0.2, 0) is 4.74 Å². The minimum Gasteiger partial charge on any atom is -0.369 e. The molecule has 1 unspecified atom stereocenters. The van der Waals surface area contributed by atoms with E-state index in [9.17, 15) is 0 Å². The van der Waals surface area contributed by atoms with Crippen LogP contribution in [0.15, 0.2) is 30.7 Å². The van der Waals surface area contributed by atoms with Crippen molar-refractivity contribution in [3.05, 3.63) is 47.0 Å². The Morgan fingerprint density at radius 3 is 3.16 bits per heavy atom. The Hall–Kier alpha value is -1.36. The van der Waals surface area contributed by atoms with E-state index in [0.717, 1.165) is 41.7 Å². The van der Waals surface area contributed by atoms with Gasteiger partial charge in [0.1, 0.15) is 6.10 Å². The molecule has 1 aliphatic heterocycles. The molecule has 1 aromatic heterocycles. The summed E-state index contributed by atoms with van der Waals surface area (Å²) in [5, 5.41) is 4.06. The van der Waals surface area contributed by atoms with Gasteiger partial charge in [-0.15, -0.1) is 0 Å². The largest absolute Gasteiger partial charge is 0.369 e. The van der Waals surface area contributed by atoms with Crippen molar-refractivity contribution in [2.75, 3.05) is 19.7 Å². The summed E-state index contributed by atoms with van der Waals surface area (Å²) >= 11 is 6.09. The maximum absolute atomic E-state index is 6.09. The molecule has 1 N–H and O–H groups in total. The van der Waals surface area contributed by atoms with Crippen molar-refractivity contribution < 1.29 is 4.74 Å². The maximum atomic E-state index is 6.09. The molecule has 0 aliphatic carbocycles. The van der Waals surface area contributed by atoms with E-state index in [0.29, 0.717) is 0 Å². The normalized spacial score (nSPS) is 19.6. The quantitative estimate of drug-likeness (QED) is 0.917. The van der Waals surface area contributed by atoms with Gasteiger partial charge in [-0.1, -0.05) is 17.7 Å². The van der Waals surface area contributed by atoms with Gasteiger partial charge >= 0.3 is 0 Å². The molecular weight excluding hydrogens is 262 g/mol. The van der Waals surface area contributed by atoms with Gasteiger partial charge in [-0.05, 0) is 24.6 Å². The average molecular weight is 278 g/mol. The van der Waals surface area contributed by atoms with Gasteiger partial charge in [0.05, 0.1) is 30.5 Å². The van der Waals surface area contributed by atoms with Gasteiger partial charge in [-0.25, -0.2) is 4.98 Å². The number of rotatable bonds is 2. The van der Waals surface area contributed by atoms with Crippen LogP contribution in [0.4, 0.5) is 0 Å². The van der Waals surface area contributed by atoms with Crippen molar-refractivity contribution in [2.24, 2.45) is 0 Å². The third-order valence-corrected chi connectivity index (χ3v) is 3.59. The Kier molecular flexibility index (Phi) is 3.55. The van der Waals surface area contributed by atoms with Crippen LogP contribution in [0.5, 0.6) is 0 Å². The van der Waals surface area contributed by atoms with Crippen LogP contribution >= 0.6 is 11.6 Å². The second-order valence-electron chi connectivity index (χ2n) is 4.68. The standard InChI is InChI=1S/C14H16ClN3O/c1-10-2-3-11(15)6-12(10)18-9-17-7-13(18)14-8-16-4-5-19-14/h2-3,6-7,9,14,16H,4-5,8H2,1H3. The number of morpholine rings is 1. The molecule has 2 heterocycles. The van der Waals surface area contributed by atoms with Crippen molar-refractivity contribution >= 4 is 11.6 Å². The summed E-state index contributed by atoms with van der Waals surface area (Å²) in [6.07, 6.45) is 3.71. The zero-order chi connectivity index (χ0) is 13.2. The van der Waals surface area contributed by atoms with Gasteiger partial charge in [0.15, 0.2) is 0 Å². The second-order valence-corrected chi connectivity index (χ2v) is 5.12. The van der Waals surface area contributed by atoms with Crippen molar-refractivity contribution in [1.29, 1.82) is 0 Å². The lowest BCUT2D eigenvalue weighted by Gasteiger charge is -2.25. The van der Waals surface area contributed by atoms with Gasteiger partial charge < -0.3 is 14.6 Å². The fraction of sp³-hybridized carbons (Fsp3) is 0.357. The van der Waals surface area contributed by atoms with E-state index in [1.54, 1.807) is 0 Å². The number of aromatic nitrogens is 2. The van der Waals surface area contributed by atoms with Gasteiger partial charge in [0, 0.05) is 18.1 Å². The topological polar surface area (TPSA) is 39.1 Å². The number of nitrogens with zero attached hydrogens (tertiary/aromatic N) is 2. The maximum Gasteiger partial charge on any atom is 0.112 e. The SMILES string of the molecule is Cc1ccc(Cl)cc1-n1cncc1C1CNCCO1. The van der Waals surface area contributed by atoms with Crippen LogP contribution in [-0.4, -0.2) is 29.2 Å². The number of hydrogen-bond donors (Lipinski definition) is 1. The van der Waals surface area contributed by atoms with Gasteiger partial charge in [-0.2, -0.15) is 0 Å². The summed E-state index contributed by atoms with van der Waals surface area (Å²) in [6.45, 7) is 4.51. The molecule has 0 radical (unpaired) electrons. The molecule has 19 heavy (non-hydrogen) atoms. The Bertz CT molecular complexity index is 576. The van der Waals surface area contributed by atoms with E-state index >= 15 is 0 Å². The van der Waals surface area contributed by atoms with Crippen molar-refractivity contribution in [3.63, 3.8) is 0 Å². The van der Waals surface area contributed by atoms with Gasteiger partial charge in [-0.3, -0.25) is 0 Å². The highest BCUT2D eigenvalue weighted by molar-refractivity contribution is 6.30. The molecule has 1 saturated heterocycles. The lowest BCUT2D eigenvalue weighted by molar-refractivity contribution is 0.0240. The number of hydrogen-bond acceptors (Lipinski definition) is 3. The smallest absolute Gasteiger partial charge is 0.112 e. The Labute approximate surface area is 117 Å². The zero-order valence-electron chi connectivity index (χ0n) is 10.8. The monoisotopic (exact) mass is 277 g/mol. The van der Waals surface area contributed by atoms with E-state index < -0.39 is 0 Å². The fourth-order valence-corrected chi connectivity index (χ4v) is 2.51. The number of benzene rings is 1. The molecular formula is C14H16ClN3O. The molecule has 0 saturated carbocycles. The van der Waals surface area contributed by atoms with Crippen molar-refractivity contribution in [3.8, 4) is 5.69 Å². The van der Waals surface area contributed by atoms with Crippen LogP contribution < -0.4 is 5.32 Å². The third kappa shape index (κ3) is 2.52. The summed E-state index contributed by atoms with van der Waals surface area (Å²) in [4.78, 5) is 4.26. The zero-order valence-corrected chi connectivity index (χ0v) is 11.5. The number of halogens is 1. The molecule has 1 aromatic carbocycles. The number of imidazole rings is 1. The van der Waals surface area contributed by atoms with E-state index in [1.165, 1.54) is 0 Å². The highest BCUT2D eigenvalue weighted by Crippen LogP contribution is 2.25. The molecule has 0 spiro atoms. The molecule has 1 aliphatic rings. The summed E-state index contributed by atoms with van der Waals surface area (Å²) in [6, 6.07) is 5.87. The third-order valence-electron chi connectivity index (χ3n) is 3.36. The molecule has 2 aromatic rings. The predicted molar refractivity (Wildman–Crippen MR) is 74.9 cm³/mol. The van der Waals surface area contributed by atoms with Gasteiger partial charge in [0.25, 0.3) is 0 Å². The van der Waals surface area contributed by atoms with E-state index in [-0.39, 0.29) is 6.10 Å². The minimum absolute atomic E-state index is 0.0367. The van der Waals surface area contributed by atoms with Crippen LogP contribution in [0.2, 0.25) is 5.02 Å². The first kappa shape index (κ1) is 12.7. The molecule has 4 nitrogen and oxygen atoms in total. The lowest BCUT2D eigenvalue weighted by atomic mass is 10.1. The number of aryl methyl sites for hydroxylation is 1. The van der Waals surface area contributed by atoms with E-state index in [4.69, 9.17) is 16.3 Å². The number of ether oxygens (including phenoxy) is 1. The second kappa shape index (κ2) is 5.33. The van der Waals surface area contributed by atoms with Crippen LogP contribution in [0, 0.1) is 6.92 Å². The molecule has 0 amide bonds. The first-order chi connectivity index (χ1) is 9.25. The molecule has 100 valence electrons. The van der Waals surface area contributed by atoms with Crippen LogP contribution in [0.3, 0.4) is 0 Å². The summed E-state index contributed by atoms with van der Waals surface area (Å²) in [7, 11) is 0. The lowest BCUT2D eigenvalue weighted by Crippen LogP contribution is -2.34. The highest BCUT2D eigenvalue weighted by Gasteiger charge is 2.20. The van der Waals surface area contributed by atoms with Crippen LogP contribution in [0.1, 0.15) is 17.4 Å². The molecule has 5 heteroatoms. The van der Waals surface area contributed by atoms with E-state index in [2.05, 4.69) is 21.8 Å². The number of nitrogens with one attached hydrogen (secondary N) is 1. The minimum atomic E-state index is 0.0367. The predicted octanol–water partition coefficient (Wildman–Crippen LogP) is 2.50. The highest BCUT2D eigenvalue weighted by atomic mass is 35.5. The Balaban J connectivity index is 2.01. The Morgan fingerprint density at radius 1 is 1.47 bits per heavy atom. The average Bonchev–Trinajstić information content (AvgIpc) is 2.91. The van der Waals surface area contributed by atoms with Crippen molar-refractivity contribution in [1.82, 2.24) is 14.9 Å². The van der Waals surface area contributed by atoms with Crippen molar-refractivity contribution in [2.45, 2.75) is 13.0 Å². The van der Waals surface area contributed by atoms with Gasteiger partial charge in [0.2, 0.25) is 0 Å². The molecule has 0 bridgehead atoms. The summed E-state index contributed by atoms with van der Waals surface area (Å²) in [5.74, 6) is 0. The van der Waals surface area contributed by atoms with E-state index in [1.807, 2.05) is 30.7 Å².